The van der Waals surface area contributed by atoms with Gasteiger partial charge in [-0.3, -0.25) is 9.59 Å². The Morgan fingerprint density at radius 1 is 1.39 bits per heavy atom. The predicted octanol–water partition coefficient (Wildman–Crippen LogP) is 2.17. The summed E-state index contributed by atoms with van der Waals surface area (Å²) in [6, 6.07) is 9.64. The number of hydrogen-bond donors (Lipinski definition) is 1. The molecule has 0 fully saturated rings. The number of ketones is 1. The zero-order chi connectivity index (χ0) is 16.8. The number of benzene rings is 1. The van der Waals surface area contributed by atoms with Crippen LogP contribution in [0.25, 0.3) is 0 Å². The number of nitriles is 1. The van der Waals surface area contributed by atoms with Crippen molar-refractivity contribution in [3.05, 3.63) is 35.4 Å². The first-order valence-electron chi connectivity index (χ1n) is 7.92. The number of ether oxygens (including phenoxy) is 1. The number of hydrogen-bond acceptors (Lipinski definition) is 4. The highest BCUT2D eigenvalue weighted by atomic mass is 16.5. The van der Waals surface area contributed by atoms with Crippen LogP contribution in [0.5, 0.6) is 0 Å². The third kappa shape index (κ3) is 4.40. The quantitative estimate of drug-likeness (QED) is 0.816. The maximum Gasteiger partial charge on any atom is 0.245 e. The number of carbonyl (C=O) groups excluding carboxylic acids is 2. The number of carbonyl (C=O) groups is 2. The van der Waals surface area contributed by atoms with Crippen molar-refractivity contribution in [3.8, 4) is 6.07 Å². The third-order valence-corrected chi connectivity index (χ3v) is 3.88. The van der Waals surface area contributed by atoms with Gasteiger partial charge >= 0.3 is 0 Å². The Morgan fingerprint density at radius 3 is 2.83 bits per heavy atom. The van der Waals surface area contributed by atoms with Gasteiger partial charge in [-0.05, 0) is 23.5 Å². The van der Waals surface area contributed by atoms with Gasteiger partial charge in [0.2, 0.25) is 5.91 Å². The summed E-state index contributed by atoms with van der Waals surface area (Å²) in [4.78, 5) is 24.4. The number of Topliss-reactive ketones (excluding diaryl/α,β-unsaturated/α-hetero) is 1. The lowest BCUT2D eigenvalue weighted by atomic mass is 9.91. The Labute approximate surface area is 136 Å². The lowest BCUT2D eigenvalue weighted by Gasteiger charge is -2.26. The number of rotatable bonds is 6. The van der Waals surface area contributed by atoms with Crippen molar-refractivity contribution >= 4 is 11.7 Å². The fourth-order valence-electron chi connectivity index (χ4n) is 2.63. The van der Waals surface area contributed by atoms with E-state index in [1.54, 1.807) is 0 Å². The maximum absolute atomic E-state index is 12.4. The summed E-state index contributed by atoms with van der Waals surface area (Å²) in [5.41, 5.74) is 2.14. The van der Waals surface area contributed by atoms with Crippen LogP contribution in [-0.2, 0) is 20.7 Å². The summed E-state index contributed by atoms with van der Waals surface area (Å²) in [5, 5.41) is 11.8. The second kappa shape index (κ2) is 7.89. The topological polar surface area (TPSA) is 79.2 Å². The van der Waals surface area contributed by atoms with Crippen molar-refractivity contribution in [1.82, 2.24) is 5.32 Å². The highest BCUT2D eigenvalue weighted by Gasteiger charge is 2.31. The second-order valence-electron chi connectivity index (χ2n) is 6.18. The SMILES string of the molecule is CC(C)CNC(=O)[C@@H](C#N)C(=O)C[C@@H]1OCCc2ccccc21. The normalized spacial score (nSPS) is 17.9. The number of nitrogens with zero attached hydrogens (tertiary/aromatic N) is 1. The molecule has 1 aromatic carbocycles. The van der Waals surface area contributed by atoms with Crippen LogP contribution in [0, 0.1) is 23.2 Å². The zero-order valence-corrected chi connectivity index (χ0v) is 13.5. The van der Waals surface area contributed by atoms with E-state index in [0.717, 1.165) is 17.5 Å². The zero-order valence-electron chi connectivity index (χ0n) is 13.5. The summed E-state index contributed by atoms with van der Waals surface area (Å²) in [6.07, 6.45) is 0.489. The van der Waals surface area contributed by atoms with Gasteiger partial charge in [-0.2, -0.15) is 5.26 Å². The number of nitrogens with one attached hydrogen (secondary N) is 1. The van der Waals surface area contributed by atoms with E-state index >= 15 is 0 Å². The van der Waals surface area contributed by atoms with Crippen LogP contribution in [0.15, 0.2) is 24.3 Å². The van der Waals surface area contributed by atoms with E-state index in [1.807, 2.05) is 44.2 Å². The minimum atomic E-state index is -1.27. The molecular weight excluding hydrogens is 292 g/mol. The van der Waals surface area contributed by atoms with E-state index in [2.05, 4.69) is 5.32 Å². The third-order valence-electron chi connectivity index (χ3n) is 3.88. The fourth-order valence-corrected chi connectivity index (χ4v) is 2.63. The van der Waals surface area contributed by atoms with Crippen molar-refractivity contribution in [3.63, 3.8) is 0 Å². The molecule has 23 heavy (non-hydrogen) atoms. The molecule has 1 N–H and O–H groups in total. The van der Waals surface area contributed by atoms with Gasteiger partial charge in [0.15, 0.2) is 11.7 Å². The molecule has 0 saturated heterocycles. The number of fused-ring (bicyclic) bond motifs is 1. The van der Waals surface area contributed by atoms with Crippen LogP contribution in [0.4, 0.5) is 0 Å². The first-order chi connectivity index (χ1) is 11.0. The molecule has 0 aliphatic carbocycles. The Hall–Kier alpha value is -2.19. The Balaban J connectivity index is 2.03. The van der Waals surface area contributed by atoms with Gasteiger partial charge < -0.3 is 10.1 Å². The molecule has 122 valence electrons. The van der Waals surface area contributed by atoms with Crippen LogP contribution in [0.1, 0.15) is 37.5 Å². The molecule has 0 saturated carbocycles. The highest BCUT2D eigenvalue weighted by molar-refractivity contribution is 6.04. The minimum absolute atomic E-state index is 0.0460. The van der Waals surface area contributed by atoms with E-state index in [9.17, 15) is 14.9 Å². The lowest BCUT2D eigenvalue weighted by molar-refractivity contribution is -0.133. The van der Waals surface area contributed by atoms with Gasteiger partial charge in [0.05, 0.1) is 18.8 Å². The van der Waals surface area contributed by atoms with Crippen LogP contribution in [0.2, 0.25) is 0 Å². The monoisotopic (exact) mass is 314 g/mol. The van der Waals surface area contributed by atoms with Crippen LogP contribution in [0.3, 0.4) is 0 Å². The molecule has 0 unspecified atom stereocenters. The first kappa shape index (κ1) is 17.2. The van der Waals surface area contributed by atoms with E-state index in [4.69, 9.17) is 4.74 Å². The van der Waals surface area contributed by atoms with Gasteiger partial charge in [0.1, 0.15) is 0 Å². The van der Waals surface area contributed by atoms with Crippen LogP contribution >= 0.6 is 0 Å². The van der Waals surface area contributed by atoms with Gasteiger partial charge in [0.25, 0.3) is 0 Å². The molecule has 1 aromatic rings. The van der Waals surface area contributed by atoms with Gasteiger partial charge in [-0.1, -0.05) is 38.1 Å². The predicted molar refractivity (Wildman–Crippen MR) is 85.4 cm³/mol. The maximum atomic E-state index is 12.4. The van der Waals surface area contributed by atoms with Crippen LogP contribution in [-0.4, -0.2) is 24.8 Å². The van der Waals surface area contributed by atoms with Crippen molar-refractivity contribution in [2.75, 3.05) is 13.2 Å². The Kier molecular flexibility index (Phi) is 5.89. The second-order valence-corrected chi connectivity index (χ2v) is 6.18. The lowest BCUT2D eigenvalue weighted by Crippen LogP contribution is -2.37. The summed E-state index contributed by atoms with van der Waals surface area (Å²) < 4.78 is 5.69. The van der Waals surface area contributed by atoms with Crippen molar-refractivity contribution in [1.29, 1.82) is 5.26 Å². The van der Waals surface area contributed by atoms with Crippen LogP contribution < -0.4 is 5.32 Å². The molecule has 0 bridgehead atoms. The van der Waals surface area contributed by atoms with Crippen molar-refractivity contribution < 1.29 is 14.3 Å². The fraction of sp³-hybridized carbons (Fsp3) is 0.500. The number of amides is 1. The average Bonchev–Trinajstić information content (AvgIpc) is 2.54. The Bertz CT molecular complexity index is 619. The van der Waals surface area contributed by atoms with Gasteiger partial charge in [-0.15, -0.1) is 0 Å². The first-order valence-corrected chi connectivity index (χ1v) is 7.92. The Morgan fingerprint density at radius 2 is 2.13 bits per heavy atom. The van der Waals surface area contributed by atoms with Crippen molar-refractivity contribution in [2.45, 2.75) is 32.8 Å². The molecule has 0 spiro atoms. The van der Waals surface area contributed by atoms with E-state index in [0.29, 0.717) is 13.2 Å². The largest absolute Gasteiger partial charge is 0.373 e. The minimum Gasteiger partial charge on any atom is -0.373 e. The molecule has 5 heteroatoms. The molecule has 1 amide bonds. The summed E-state index contributed by atoms with van der Waals surface area (Å²) in [5.74, 6) is -1.92. The van der Waals surface area contributed by atoms with Gasteiger partial charge in [0, 0.05) is 13.0 Å². The molecule has 2 atom stereocenters. The van der Waals surface area contributed by atoms with Gasteiger partial charge in [-0.25, -0.2) is 0 Å². The van der Waals surface area contributed by atoms with E-state index in [-0.39, 0.29) is 18.4 Å². The molecule has 5 nitrogen and oxygen atoms in total. The summed E-state index contributed by atoms with van der Waals surface area (Å²) >= 11 is 0. The van der Waals surface area contributed by atoms with Crippen molar-refractivity contribution in [2.24, 2.45) is 11.8 Å². The molecule has 0 aromatic heterocycles. The summed E-state index contributed by atoms with van der Waals surface area (Å²) in [6.45, 7) is 4.91. The smallest absolute Gasteiger partial charge is 0.245 e. The van der Waals surface area contributed by atoms with E-state index in [1.165, 1.54) is 0 Å². The summed E-state index contributed by atoms with van der Waals surface area (Å²) in [7, 11) is 0. The molecule has 1 aliphatic rings. The molecule has 1 aliphatic heterocycles. The average molecular weight is 314 g/mol. The standard InChI is InChI=1S/C18H22N2O3/c1-12(2)11-20-18(22)15(10-19)16(21)9-17-14-6-4-3-5-13(14)7-8-23-17/h3-6,12,15,17H,7-9,11H2,1-2H3,(H,20,22)/t15-,17-/m0/s1. The van der Waals surface area contributed by atoms with E-state index < -0.39 is 17.6 Å². The molecular formula is C18H22N2O3. The highest BCUT2D eigenvalue weighted by Crippen LogP contribution is 2.30. The molecule has 0 radical (unpaired) electrons. The molecule has 1 heterocycles. The molecule has 2 rings (SSSR count).